The van der Waals surface area contributed by atoms with Crippen molar-refractivity contribution in [2.24, 2.45) is 4.99 Å². The first-order valence-electron chi connectivity index (χ1n) is 6.19. The number of aliphatic imine (C=N–C) groups is 1. The minimum Gasteiger partial charge on any atom is -0.354 e. The summed E-state index contributed by atoms with van der Waals surface area (Å²) in [4.78, 5) is 7.26. The van der Waals surface area contributed by atoms with E-state index in [2.05, 4.69) is 42.3 Å². The fourth-order valence-electron chi connectivity index (χ4n) is 2.84. The number of fused-ring (bicyclic) bond motifs is 1. The zero-order valence-electron chi connectivity index (χ0n) is 9.76. The normalized spacial score (nSPS) is 32.4. The van der Waals surface area contributed by atoms with Gasteiger partial charge >= 0.3 is 0 Å². The lowest BCUT2D eigenvalue weighted by atomic mass is 9.97. The lowest BCUT2D eigenvalue weighted by molar-refractivity contribution is 0.347. The monoisotopic (exact) mass is 214 g/mol. The molecule has 2 nitrogen and oxygen atoms in total. The maximum Gasteiger partial charge on any atom is 0.127 e. The van der Waals surface area contributed by atoms with Gasteiger partial charge in [-0.25, -0.2) is 0 Å². The van der Waals surface area contributed by atoms with Crippen molar-refractivity contribution in [2.75, 3.05) is 7.05 Å². The number of hydrogen-bond acceptors (Lipinski definition) is 2. The molecule has 2 atom stereocenters. The standard InChI is InChI=1S/C14H18N2/c1-16-13-10-6-5-9-12(13)15-14(16)11-7-3-2-4-8-11/h2-3,5,7,9,12-13H,4,6,8,10H2,1H3. The van der Waals surface area contributed by atoms with Crippen LogP contribution in [0.3, 0.4) is 0 Å². The fourth-order valence-corrected chi connectivity index (χ4v) is 2.84. The van der Waals surface area contributed by atoms with Crippen molar-refractivity contribution >= 4 is 5.84 Å². The Bertz CT molecular complexity index is 401. The Labute approximate surface area is 97.1 Å². The Hall–Kier alpha value is -1.31. The second-order valence-electron chi connectivity index (χ2n) is 4.79. The first-order valence-corrected chi connectivity index (χ1v) is 6.19. The van der Waals surface area contributed by atoms with Crippen LogP contribution in [0, 0.1) is 0 Å². The molecular weight excluding hydrogens is 196 g/mol. The van der Waals surface area contributed by atoms with Crippen LogP contribution in [0.25, 0.3) is 0 Å². The summed E-state index contributed by atoms with van der Waals surface area (Å²) >= 11 is 0. The average Bonchev–Trinajstić information content (AvgIpc) is 2.69. The number of amidine groups is 1. The first-order chi connectivity index (χ1) is 7.86. The highest BCUT2D eigenvalue weighted by Crippen LogP contribution is 2.29. The number of allylic oxidation sites excluding steroid dienone is 4. The lowest BCUT2D eigenvalue weighted by Gasteiger charge is -2.28. The lowest BCUT2D eigenvalue weighted by Crippen LogP contribution is -2.37. The van der Waals surface area contributed by atoms with E-state index in [4.69, 9.17) is 4.99 Å². The van der Waals surface area contributed by atoms with Crippen molar-refractivity contribution in [3.05, 3.63) is 36.0 Å². The Morgan fingerprint density at radius 1 is 1.31 bits per heavy atom. The van der Waals surface area contributed by atoms with E-state index >= 15 is 0 Å². The summed E-state index contributed by atoms with van der Waals surface area (Å²) in [6.45, 7) is 0. The van der Waals surface area contributed by atoms with E-state index in [1.54, 1.807) is 0 Å². The van der Waals surface area contributed by atoms with Crippen molar-refractivity contribution in [3.63, 3.8) is 0 Å². The molecule has 16 heavy (non-hydrogen) atoms. The van der Waals surface area contributed by atoms with E-state index in [1.807, 2.05) is 0 Å². The van der Waals surface area contributed by atoms with Gasteiger partial charge < -0.3 is 4.90 Å². The van der Waals surface area contributed by atoms with Crippen LogP contribution in [-0.4, -0.2) is 29.9 Å². The van der Waals surface area contributed by atoms with Crippen LogP contribution in [0.1, 0.15) is 25.7 Å². The number of nitrogens with zero attached hydrogens (tertiary/aromatic N) is 2. The van der Waals surface area contributed by atoms with Crippen LogP contribution in [-0.2, 0) is 0 Å². The molecule has 0 saturated carbocycles. The Kier molecular flexibility index (Phi) is 2.43. The summed E-state index contributed by atoms with van der Waals surface area (Å²) in [5, 5.41) is 0. The van der Waals surface area contributed by atoms with Crippen LogP contribution < -0.4 is 0 Å². The Morgan fingerprint density at radius 2 is 2.25 bits per heavy atom. The molecule has 0 radical (unpaired) electrons. The molecule has 3 rings (SSSR count). The number of rotatable bonds is 1. The molecule has 0 amide bonds. The molecule has 0 aromatic carbocycles. The Morgan fingerprint density at radius 3 is 3.00 bits per heavy atom. The third-order valence-electron chi connectivity index (χ3n) is 3.76. The molecule has 0 aromatic rings. The third kappa shape index (κ3) is 1.53. The molecule has 0 N–H and O–H groups in total. The van der Waals surface area contributed by atoms with Gasteiger partial charge in [-0.3, -0.25) is 4.99 Å². The van der Waals surface area contributed by atoms with Gasteiger partial charge in [-0.05, 0) is 31.3 Å². The van der Waals surface area contributed by atoms with Gasteiger partial charge in [-0.2, -0.15) is 0 Å². The maximum absolute atomic E-state index is 4.87. The quantitative estimate of drug-likeness (QED) is 0.613. The SMILES string of the molecule is CN1C(C2=CC=CCC2)=NC2C=CCCC21. The van der Waals surface area contributed by atoms with E-state index in [-0.39, 0.29) is 0 Å². The molecule has 1 aliphatic heterocycles. The molecule has 0 bridgehead atoms. The molecule has 0 aromatic heterocycles. The van der Waals surface area contributed by atoms with Crippen molar-refractivity contribution in [1.82, 2.24) is 4.90 Å². The smallest absolute Gasteiger partial charge is 0.127 e. The predicted molar refractivity (Wildman–Crippen MR) is 67.6 cm³/mol. The van der Waals surface area contributed by atoms with Crippen LogP contribution in [0.2, 0.25) is 0 Å². The molecule has 0 fully saturated rings. The average molecular weight is 214 g/mol. The van der Waals surface area contributed by atoms with Gasteiger partial charge in [0.15, 0.2) is 0 Å². The molecule has 0 spiro atoms. The van der Waals surface area contributed by atoms with E-state index in [0.717, 1.165) is 12.8 Å². The highest BCUT2D eigenvalue weighted by atomic mass is 15.3. The van der Waals surface area contributed by atoms with Crippen LogP contribution >= 0.6 is 0 Å². The van der Waals surface area contributed by atoms with Gasteiger partial charge in [0, 0.05) is 7.05 Å². The van der Waals surface area contributed by atoms with E-state index in [1.165, 1.54) is 24.3 Å². The summed E-state index contributed by atoms with van der Waals surface area (Å²) in [6.07, 6.45) is 15.9. The van der Waals surface area contributed by atoms with Crippen LogP contribution in [0.4, 0.5) is 0 Å². The van der Waals surface area contributed by atoms with Gasteiger partial charge in [-0.1, -0.05) is 30.4 Å². The predicted octanol–water partition coefficient (Wildman–Crippen LogP) is 2.69. The Balaban J connectivity index is 1.89. The number of likely N-dealkylation sites (N-methyl/N-ethyl adjacent to an activating group) is 1. The van der Waals surface area contributed by atoms with Gasteiger partial charge in [0.25, 0.3) is 0 Å². The van der Waals surface area contributed by atoms with Crippen molar-refractivity contribution in [2.45, 2.75) is 37.8 Å². The van der Waals surface area contributed by atoms with Gasteiger partial charge in [0.2, 0.25) is 0 Å². The maximum atomic E-state index is 4.87. The molecular formula is C14H18N2. The second kappa shape index (κ2) is 3.93. The fraction of sp³-hybridized carbons (Fsp3) is 0.500. The molecule has 1 heterocycles. The van der Waals surface area contributed by atoms with E-state index in [9.17, 15) is 0 Å². The van der Waals surface area contributed by atoms with E-state index in [0.29, 0.717) is 12.1 Å². The largest absolute Gasteiger partial charge is 0.354 e. The second-order valence-corrected chi connectivity index (χ2v) is 4.79. The minimum absolute atomic E-state index is 0.403. The summed E-state index contributed by atoms with van der Waals surface area (Å²) < 4.78 is 0. The van der Waals surface area contributed by atoms with Gasteiger partial charge in [0.1, 0.15) is 5.84 Å². The summed E-state index contributed by atoms with van der Waals surface area (Å²) in [6, 6.07) is 1.01. The topological polar surface area (TPSA) is 15.6 Å². The highest BCUT2D eigenvalue weighted by Gasteiger charge is 2.34. The minimum atomic E-state index is 0.403. The molecule has 2 unspecified atom stereocenters. The number of hydrogen-bond donors (Lipinski definition) is 0. The van der Waals surface area contributed by atoms with Crippen molar-refractivity contribution in [3.8, 4) is 0 Å². The molecule has 2 aliphatic carbocycles. The molecule has 3 aliphatic rings. The summed E-state index contributed by atoms with van der Waals surface area (Å²) in [7, 11) is 2.20. The zero-order valence-corrected chi connectivity index (χ0v) is 9.76. The highest BCUT2D eigenvalue weighted by molar-refractivity contribution is 6.00. The van der Waals surface area contributed by atoms with Crippen LogP contribution in [0.15, 0.2) is 40.9 Å². The molecule has 0 saturated heterocycles. The van der Waals surface area contributed by atoms with Crippen molar-refractivity contribution in [1.29, 1.82) is 0 Å². The molecule has 84 valence electrons. The summed E-state index contributed by atoms with van der Waals surface area (Å²) in [5.41, 5.74) is 1.41. The van der Waals surface area contributed by atoms with Gasteiger partial charge in [0.05, 0.1) is 12.1 Å². The van der Waals surface area contributed by atoms with Gasteiger partial charge in [-0.15, -0.1) is 0 Å². The van der Waals surface area contributed by atoms with E-state index < -0.39 is 0 Å². The first kappa shape index (κ1) is 9.88. The summed E-state index contributed by atoms with van der Waals surface area (Å²) in [5.74, 6) is 1.23. The third-order valence-corrected chi connectivity index (χ3v) is 3.76. The zero-order chi connectivity index (χ0) is 11.0. The molecule has 2 heteroatoms. The van der Waals surface area contributed by atoms with Crippen LogP contribution in [0.5, 0.6) is 0 Å². The van der Waals surface area contributed by atoms with Crippen molar-refractivity contribution < 1.29 is 0 Å².